The van der Waals surface area contributed by atoms with Gasteiger partial charge in [0.2, 0.25) is 0 Å². The standard InChI is InChI=1S/C20H36O2Si/c1-23(2,21-19-13-11-15-7-3-5-9-17(15)19)22-20-14-12-16-8-4-6-10-18(16)20/h15-20H,3-14H2,1-2H3. The Bertz CT molecular complexity index is 374. The molecule has 0 bridgehead atoms. The molecule has 0 heterocycles. The molecule has 4 saturated carbocycles. The van der Waals surface area contributed by atoms with Crippen LogP contribution in [-0.2, 0) is 8.85 Å². The molecular weight excluding hydrogens is 300 g/mol. The van der Waals surface area contributed by atoms with Crippen molar-refractivity contribution >= 4 is 8.56 Å². The van der Waals surface area contributed by atoms with Gasteiger partial charge in [-0.05, 0) is 75.3 Å². The highest BCUT2D eigenvalue weighted by Crippen LogP contribution is 2.46. The van der Waals surface area contributed by atoms with Crippen LogP contribution >= 0.6 is 0 Å². The minimum Gasteiger partial charge on any atom is -0.391 e. The summed E-state index contributed by atoms with van der Waals surface area (Å²) in [5.41, 5.74) is 0. The average Bonchev–Trinajstić information content (AvgIpc) is 3.12. The Balaban J connectivity index is 1.34. The molecule has 6 atom stereocenters. The van der Waals surface area contributed by atoms with Gasteiger partial charge in [0.25, 0.3) is 0 Å². The summed E-state index contributed by atoms with van der Waals surface area (Å²) in [7, 11) is -1.99. The highest BCUT2D eigenvalue weighted by molar-refractivity contribution is 6.64. The maximum absolute atomic E-state index is 6.73. The molecule has 0 spiro atoms. The van der Waals surface area contributed by atoms with Crippen molar-refractivity contribution in [3.05, 3.63) is 0 Å². The molecule has 4 rings (SSSR count). The van der Waals surface area contributed by atoms with Crippen molar-refractivity contribution in [2.24, 2.45) is 23.7 Å². The van der Waals surface area contributed by atoms with Crippen LogP contribution in [0.5, 0.6) is 0 Å². The quantitative estimate of drug-likeness (QED) is 0.617. The van der Waals surface area contributed by atoms with Gasteiger partial charge < -0.3 is 8.85 Å². The van der Waals surface area contributed by atoms with Crippen LogP contribution in [0.1, 0.15) is 77.0 Å². The second kappa shape index (κ2) is 6.80. The summed E-state index contributed by atoms with van der Waals surface area (Å²) in [4.78, 5) is 0. The van der Waals surface area contributed by atoms with E-state index in [0.29, 0.717) is 12.2 Å². The van der Waals surface area contributed by atoms with E-state index in [1.54, 1.807) is 0 Å². The van der Waals surface area contributed by atoms with Crippen LogP contribution in [0.4, 0.5) is 0 Å². The zero-order valence-corrected chi connectivity index (χ0v) is 16.3. The first-order valence-corrected chi connectivity index (χ1v) is 13.3. The molecule has 0 radical (unpaired) electrons. The first-order valence-electron chi connectivity index (χ1n) is 10.5. The molecule has 0 saturated heterocycles. The van der Waals surface area contributed by atoms with Crippen LogP contribution in [0.15, 0.2) is 0 Å². The van der Waals surface area contributed by atoms with Gasteiger partial charge in [-0.3, -0.25) is 0 Å². The van der Waals surface area contributed by atoms with Gasteiger partial charge in [-0.2, -0.15) is 0 Å². The topological polar surface area (TPSA) is 18.5 Å². The van der Waals surface area contributed by atoms with E-state index in [1.807, 2.05) is 0 Å². The van der Waals surface area contributed by atoms with Gasteiger partial charge in [0.15, 0.2) is 0 Å². The fraction of sp³-hybridized carbons (Fsp3) is 1.00. The second-order valence-electron chi connectivity index (χ2n) is 9.28. The van der Waals surface area contributed by atoms with Crippen LogP contribution < -0.4 is 0 Å². The third kappa shape index (κ3) is 3.57. The van der Waals surface area contributed by atoms with Gasteiger partial charge in [0, 0.05) is 0 Å². The van der Waals surface area contributed by atoms with E-state index < -0.39 is 8.56 Å². The Morgan fingerprint density at radius 1 is 0.565 bits per heavy atom. The number of fused-ring (bicyclic) bond motifs is 2. The molecule has 4 aliphatic carbocycles. The van der Waals surface area contributed by atoms with Crippen molar-refractivity contribution in [1.82, 2.24) is 0 Å². The lowest BCUT2D eigenvalue weighted by atomic mass is 9.81. The Labute approximate surface area is 144 Å². The zero-order chi connectivity index (χ0) is 15.9. The molecule has 23 heavy (non-hydrogen) atoms. The average molecular weight is 337 g/mol. The Morgan fingerprint density at radius 3 is 1.48 bits per heavy atom. The van der Waals surface area contributed by atoms with Crippen molar-refractivity contribution < 1.29 is 8.85 Å². The summed E-state index contributed by atoms with van der Waals surface area (Å²) < 4.78 is 13.5. The minimum atomic E-state index is -1.99. The van der Waals surface area contributed by atoms with Gasteiger partial charge in [-0.1, -0.05) is 38.5 Å². The highest BCUT2D eigenvalue weighted by Gasteiger charge is 2.45. The summed E-state index contributed by atoms with van der Waals surface area (Å²) >= 11 is 0. The van der Waals surface area contributed by atoms with Crippen LogP contribution in [0.3, 0.4) is 0 Å². The first kappa shape index (κ1) is 16.6. The predicted molar refractivity (Wildman–Crippen MR) is 96.6 cm³/mol. The largest absolute Gasteiger partial charge is 0.391 e. The van der Waals surface area contributed by atoms with E-state index in [4.69, 9.17) is 8.85 Å². The van der Waals surface area contributed by atoms with Crippen LogP contribution in [-0.4, -0.2) is 20.8 Å². The van der Waals surface area contributed by atoms with E-state index in [-0.39, 0.29) is 0 Å². The van der Waals surface area contributed by atoms with Crippen molar-refractivity contribution in [3.63, 3.8) is 0 Å². The molecule has 0 aromatic carbocycles. The molecule has 4 fully saturated rings. The lowest BCUT2D eigenvalue weighted by Gasteiger charge is -2.37. The van der Waals surface area contributed by atoms with E-state index in [0.717, 1.165) is 23.7 Å². The van der Waals surface area contributed by atoms with Crippen LogP contribution in [0, 0.1) is 23.7 Å². The van der Waals surface area contributed by atoms with Gasteiger partial charge in [-0.25, -0.2) is 0 Å². The maximum atomic E-state index is 6.73. The van der Waals surface area contributed by atoms with E-state index in [2.05, 4.69) is 13.1 Å². The number of hydrogen-bond acceptors (Lipinski definition) is 2. The molecule has 0 aromatic heterocycles. The van der Waals surface area contributed by atoms with Crippen LogP contribution in [0.2, 0.25) is 13.1 Å². The fourth-order valence-corrected chi connectivity index (χ4v) is 8.50. The van der Waals surface area contributed by atoms with Crippen molar-refractivity contribution in [2.75, 3.05) is 0 Å². The fourth-order valence-electron chi connectivity index (χ4n) is 6.40. The van der Waals surface area contributed by atoms with E-state index in [9.17, 15) is 0 Å². The molecule has 132 valence electrons. The molecule has 3 heteroatoms. The highest BCUT2D eigenvalue weighted by atomic mass is 28.4. The summed E-state index contributed by atoms with van der Waals surface area (Å²) in [6.45, 7) is 4.64. The first-order chi connectivity index (χ1) is 11.1. The van der Waals surface area contributed by atoms with E-state index in [1.165, 1.54) is 77.0 Å². The zero-order valence-electron chi connectivity index (χ0n) is 15.3. The summed E-state index contributed by atoms with van der Waals surface area (Å²) in [5.74, 6) is 3.63. The van der Waals surface area contributed by atoms with Crippen molar-refractivity contribution in [3.8, 4) is 0 Å². The van der Waals surface area contributed by atoms with Gasteiger partial charge in [0.05, 0.1) is 12.2 Å². The molecular formula is C20H36O2Si. The Morgan fingerprint density at radius 2 is 1.00 bits per heavy atom. The third-order valence-electron chi connectivity index (χ3n) is 7.41. The molecule has 0 amide bonds. The van der Waals surface area contributed by atoms with Gasteiger partial charge in [0.1, 0.15) is 0 Å². The number of rotatable bonds is 4. The third-order valence-corrected chi connectivity index (χ3v) is 9.15. The van der Waals surface area contributed by atoms with Gasteiger partial charge in [-0.15, -0.1) is 0 Å². The normalized spacial score (nSPS) is 44.1. The van der Waals surface area contributed by atoms with Crippen molar-refractivity contribution in [2.45, 2.75) is 102 Å². The smallest absolute Gasteiger partial charge is 0.332 e. The second-order valence-corrected chi connectivity index (χ2v) is 12.6. The summed E-state index contributed by atoms with van der Waals surface area (Å²) in [6, 6.07) is 0. The molecule has 0 aromatic rings. The Kier molecular flexibility index (Phi) is 4.91. The van der Waals surface area contributed by atoms with Crippen LogP contribution in [0.25, 0.3) is 0 Å². The van der Waals surface area contributed by atoms with Crippen molar-refractivity contribution in [1.29, 1.82) is 0 Å². The minimum absolute atomic E-state index is 0.519. The monoisotopic (exact) mass is 336 g/mol. The maximum Gasteiger partial charge on any atom is 0.332 e. The van der Waals surface area contributed by atoms with Gasteiger partial charge >= 0.3 is 8.56 Å². The summed E-state index contributed by atoms with van der Waals surface area (Å²) in [5, 5.41) is 0. The predicted octanol–water partition coefficient (Wildman–Crippen LogP) is 5.66. The molecule has 0 aliphatic heterocycles. The number of hydrogen-bond donors (Lipinski definition) is 0. The lowest BCUT2D eigenvalue weighted by molar-refractivity contribution is 0.0322. The lowest BCUT2D eigenvalue weighted by Crippen LogP contribution is -2.45. The molecule has 4 aliphatic rings. The van der Waals surface area contributed by atoms with E-state index >= 15 is 0 Å². The SMILES string of the molecule is C[Si](C)(OC1CCC2CCCCC21)OC1CCC2CCCCC21. The summed E-state index contributed by atoms with van der Waals surface area (Å²) in [6.07, 6.45) is 18.0. The molecule has 6 unspecified atom stereocenters. The Hall–Kier alpha value is 0.137. The molecule has 2 nitrogen and oxygen atoms in total. The molecule has 0 N–H and O–H groups in total.